The lowest BCUT2D eigenvalue weighted by atomic mass is 9.62. The summed E-state index contributed by atoms with van der Waals surface area (Å²) in [6, 6.07) is 3.20. The Bertz CT molecular complexity index is 484. The third kappa shape index (κ3) is 2.76. The van der Waals surface area contributed by atoms with Crippen molar-refractivity contribution in [3.8, 4) is 0 Å². The van der Waals surface area contributed by atoms with Crippen LogP contribution in [0.15, 0.2) is 18.2 Å². The number of carbonyl (C=O) groups is 1. The highest BCUT2D eigenvalue weighted by Gasteiger charge is 2.46. The maximum absolute atomic E-state index is 13.4. The van der Waals surface area contributed by atoms with Crippen LogP contribution >= 0.6 is 0 Å². The van der Waals surface area contributed by atoms with Gasteiger partial charge in [0.25, 0.3) is 0 Å². The Hall–Kier alpha value is -1.49. The van der Waals surface area contributed by atoms with Crippen LogP contribution in [0.1, 0.15) is 25.3 Å². The van der Waals surface area contributed by atoms with Crippen LogP contribution in [0, 0.1) is 23.0 Å². The van der Waals surface area contributed by atoms with Gasteiger partial charge in [0.2, 0.25) is 5.91 Å². The summed E-state index contributed by atoms with van der Waals surface area (Å²) in [5, 5.41) is 2.66. The van der Waals surface area contributed by atoms with Crippen LogP contribution in [0.2, 0.25) is 0 Å². The van der Waals surface area contributed by atoms with E-state index in [1.165, 1.54) is 0 Å². The van der Waals surface area contributed by atoms with Gasteiger partial charge < -0.3 is 11.1 Å². The maximum Gasteiger partial charge on any atom is 0.227 e. The zero-order chi connectivity index (χ0) is 14.0. The van der Waals surface area contributed by atoms with Gasteiger partial charge in [-0.1, -0.05) is 6.92 Å². The number of hydrogen-bond donors (Lipinski definition) is 2. The predicted molar refractivity (Wildman–Crippen MR) is 68.1 cm³/mol. The molecule has 0 saturated heterocycles. The molecule has 0 spiro atoms. The van der Waals surface area contributed by atoms with Crippen molar-refractivity contribution in [2.24, 2.45) is 17.1 Å². The molecule has 1 aromatic rings. The Morgan fingerprint density at radius 2 is 2.16 bits per heavy atom. The topological polar surface area (TPSA) is 55.1 Å². The molecule has 0 radical (unpaired) electrons. The zero-order valence-electron chi connectivity index (χ0n) is 10.9. The van der Waals surface area contributed by atoms with Gasteiger partial charge in [-0.3, -0.25) is 4.79 Å². The monoisotopic (exact) mass is 268 g/mol. The first-order valence-electron chi connectivity index (χ1n) is 6.39. The van der Waals surface area contributed by atoms with Crippen LogP contribution in [0.25, 0.3) is 0 Å². The second-order valence-corrected chi connectivity index (χ2v) is 5.42. The van der Waals surface area contributed by atoms with E-state index in [4.69, 9.17) is 5.73 Å². The highest BCUT2D eigenvalue weighted by molar-refractivity contribution is 5.83. The number of amides is 1. The summed E-state index contributed by atoms with van der Waals surface area (Å²) in [5.41, 5.74) is 5.28. The molecule has 5 heteroatoms. The van der Waals surface area contributed by atoms with Crippen LogP contribution in [0.3, 0.4) is 0 Å². The molecule has 0 unspecified atom stereocenters. The van der Waals surface area contributed by atoms with Gasteiger partial charge in [0.15, 0.2) is 0 Å². The fourth-order valence-corrected chi connectivity index (χ4v) is 2.76. The summed E-state index contributed by atoms with van der Waals surface area (Å²) in [4.78, 5) is 12.1. The molecule has 0 atom stereocenters. The van der Waals surface area contributed by atoms with Gasteiger partial charge in [0.05, 0.1) is 5.41 Å². The molecule has 0 aromatic heterocycles. The van der Waals surface area contributed by atoms with Crippen LogP contribution in [0.4, 0.5) is 8.78 Å². The van der Waals surface area contributed by atoms with E-state index in [1.807, 2.05) is 0 Å². The average molecular weight is 268 g/mol. The molecule has 1 aromatic carbocycles. The molecule has 1 aliphatic rings. The number of hydrogen-bond acceptors (Lipinski definition) is 2. The highest BCUT2D eigenvalue weighted by Crippen LogP contribution is 2.44. The zero-order valence-corrected chi connectivity index (χ0v) is 10.9. The second-order valence-electron chi connectivity index (χ2n) is 5.42. The van der Waals surface area contributed by atoms with Crippen molar-refractivity contribution in [3.05, 3.63) is 35.4 Å². The van der Waals surface area contributed by atoms with E-state index in [1.54, 1.807) is 0 Å². The molecule has 1 amide bonds. The van der Waals surface area contributed by atoms with E-state index in [-0.39, 0.29) is 24.6 Å². The van der Waals surface area contributed by atoms with E-state index in [2.05, 4.69) is 12.2 Å². The number of rotatable bonds is 4. The minimum atomic E-state index is -0.525. The van der Waals surface area contributed by atoms with E-state index in [0.29, 0.717) is 5.92 Å². The third-order valence-corrected chi connectivity index (χ3v) is 3.80. The molecule has 104 valence electrons. The standard InChI is InChI=1S/C14H18F2N2O/c1-9-5-14(6-9,8-17)13(19)18-7-10-4-11(15)2-3-12(10)16/h2-4,9H,5-8,17H2,1H3,(H,18,19). The molecule has 0 heterocycles. The number of nitrogens with one attached hydrogen (secondary N) is 1. The van der Waals surface area contributed by atoms with Crippen molar-refractivity contribution in [2.75, 3.05) is 6.54 Å². The van der Waals surface area contributed by atoms with Gasteiger partial charge in [0, 0.05) is 18.7 Å². The van der Waals surface area contributed by atoms with Crippen molar-refractivity contribution < 1.29 is 13.6 Å². The van der Waals surface area contributed by atoms with Gasteiger partial charge in [-0.05, 0) is 37.0 Å². The fourth-order valence-electron chi connectivity index (χ4n) is 2.76. The Kier molecular flexibility index (Phi) is 3.85. The van der Waals surface area contributed by atoms with E-state index >= 15 is 0 Å². The van der Waals surface area contributed by atoms with Crippen LogP contribution < -0.4 is 11.1 Å². The molecule has 3 N–H and O–H groups in total. The fraction of sp³-hybridized carbons (Fsp3) is 0.500. The number of carbonyl (C=O) groups excluding carboxylic acids is 1. The third-order valence-electron chi connectivity index (χ3n) is 3.80. The molecular formula is C14H18F2N2O. The molecule has 0 aliphatic heterocycles. The van der Waals surface area contributed by atoms with Crippen LogP contribution in [0.5, 0.6) is 0 Å². The van der Waals surface area contributed by atoms with E-state index in [0.717, 1.165) is 31.0 Å². The molecule has 2 rings (SSSR count). The maximum atomic E-state index is 13.4. The summed E-state index contributed by atoms with van der Waals surface area (Å²) >= 11 is 0. The first-order chi connectivity index (χ1) is 8.97. The Morgan fingerprint density at radius 3 is 2.74 bits per heavy atom. The SMILES string of the molecule is CC1CC(CN)(C(=O)NCc2cc(F)ccc2F)C1. The molecule has 0 bridgehead atoms. The molecule has 1 saturated carbocycles. The summed E-state index contributed by atoms with van der Waals surface area (Å²) in [5.74, 6) is -0.723. The first kappa shape index (κ1) is 13.9. The Morgan fingerprint density at radius 1 is 1.47 bits per heavy atom. The van der Waals surface area contributed by atoms with Crippen molar-refractivity contribution in [3.63, 3.8) is 0 Å². The van der Waals surface area contributed by atoms with Gasteiger partial charge in [-0.15, -0.1) is 0 Å². The summed E-state index contributed by atoms with van der Waals surface area (Å²) < 4.78 is 26.4. The second kappa shape index (κ2) is 5.25. The van der Waals surface area contributed by atoms with Crippen molar-refractivity contribution >= 4 is 5.91 Å². The highest BCUT2D eigenvalue weighted by atomic mass is 19.1. The lowest BCUT2D eigenvalue weighted by Gasteiger charge is -2.44. The molecule has 3 nitrogen and oxygen atoms in total. The quantitative estimate of drug-likeness (QED) is 0.877. The summed E-state index contributed by atoms with van der Waals surface area (Å²) in [6.45, 7) is 2.33. The summed E-state index contributed by atoms with van der Waals surface area (Å²) in [7, 11) is 0. The van der Waals surface area contributed by atoms with Gasteiger partial charge >= 0.3 is 0 Å². The molecule has 1 aliphatic carbocycles. The number of halogens is 2. The minimum Gasteiger partial charge on any atom is -0.351 e. The van der Waals surface area contributed by atoms with Crippen LogP contribution in [-0.4, -0.2) is 12.5 Å². The summed E-state index contributed by atoms with van der Waals surface area (Å²) in [6.07, 6.45) is 1.50. The lowest BCUT2D eigenvalue weighted by Crippen LogP contribution is -2.53. The minimum absolute atomic E-state index is 0.0153. The van der Waals surface area contributed by atoms with Crippen molar-refractivity contribution in [2.45, 2.75) is 26.3 Å². The van der Waals surface area contributed by atoms with Gasteiger partial charge in [-0.2, -0.15) is 0 Å². The normalized spacial score (nSPS) is 25.8. The van der Waals surface area contributed by atoms with E-state index < -0.39 is 17.0 Å². The van der Waals surface area contributed by atoms with Crippen molar-refractivity contribution in [1.29, 1.82) is 0 Å². The smallest absolute Gasteiger partial charge is 0.227 e. The Balaban J connectivity index is 1.99. The van der Waals surface area contributed by atoms with Gasteiger partial charge in [-0.25, -0.2) is 8.78 Å². The average Bonchev–Trinajstić information content (AvgIpc) is 2.35. The van der Waals surface area contributed by atoms with Crippen molar-refractivity contribution in [1.82, 2.24) is 5.32 Å². The largest absolute Gasteiger partial charge is 0.351 e. The molecule has 1 fully saturated rings. The number of benzene rings is 1. The predicted octanol–water partition coefficient (Wildman–Crippen LogP) is 1.96. The first-order valence-corrected chi connectivity index (χ1v) is 6.39. The van der Waals surface area contributed by atoms with Gasteiger partial charge in [0.1, 0.15) is 11.6 Å². The Labute approximate surface area is 111 Å². The number of nitrogens with two attached hydrogens (primary N) is 1. The lowest BCUT2D eigenvalue weighted by molar-refractivity contribution is -0.138. The van der Waals surface area contributed by atoms with Crippen LogP contribution in [-0.2, 0) is 11.3 Å². The molecular weight excluding hydrogens is 250 g/mol. The van der Waals surface area contributed by atoms with E-state index in [9.17, 15) is 13.6 Å². The molecule has 19 heavy (non-hydrogen) atoms.